The Hall–Kier alpha value is -3.21. The standard InChI is InChI=1S/C24H25NO4/c26-22(25-16-15-18-7-3-1-4-8-18)17-29-24(28)21-13-11-20(12-14-21)23(27)19-9-5-2-6-10-19/h2,5-7,9-14H,1,3-4,8,15-17H2,(H,25,26). The fourth-order valence-corrected chi connectivity index (χ4v) is 3.27. The zero-order chi connectivity index (χ0) is 20.5. The first-order chi connectivity index (χ1) is 14.1. The van der Waals surface area contributed by atoms with Crippen molar-refractivity contribution < 1.29 is 19.1 Å². The number of rotatable bonds is 8. The molecule has 1 N–H and O–H groups in total. The zero-order valence-corrected chi connectivity index (χ0v) is 16.4. The smallest absolute Gasteiger partial charge is 0.338 e. The van der Waals surface area contributed by atoms with Gasteiger partial charge in [0, 0.05) is 17.7 Å². The van der Waals surface area contributed by atoms with Crippen molar-refractivity contribution in [3.8, 4) is 0 Å². The second-order valence-corrected chi connectivity index (χ2v) is 7.06. The average Bonchev–Trinajstić information content (AvgIpc) is 2.78. The fraction of sp³-hybridized carbons (Fsp3) is 0.292. The minimum absolute atomic E-state index is 0.113. The van der Waals surface area contributed by atoms with Crippen LogP contribution in [0.15, 0.2) is 66.2 Å². The first kappa shape index (κ1) is 20.5. The first-order valence-electron chi connectivity index (χ1n) is 9.95. The summed E-state index contributed by atoms with van der Waals surface area (Å²) in [6.45, 7) is 0.237. The number of carbonyl (C=O) groups excluding carboxylic acids is 3. The van der Waals surface area contributed by atoms with E-state index >= 15 is 0 Å². The van der Waals surface area contributed by atoms with Gasteiger partial charge in [0.25, 0.3) is 5.91 Å². The molecule has 0 spiro atoms. The Morgan fingerprint density at radius 1 is 0.862 bits per heavy atom. The highest BCUT2D eigenvalue weighted by atomic mass is 16.5. The molecule has 0 aromatic heterocycles. The summed E-state index contributed by atoms with van der Waals surface area (Å²) in [5, 5.41) is 2.78. The normalized spacial score (nSPS) is 13.3. The lowest BCUT2D eigenvalue weighted by molar-refractivity contribution is -0.124. The molecule has 0 heterocycles. The van der Waals surface area contributed by atoms with E-state index in [0.29, 0.717) is 23.2 Å². The highest BCUT2D eigenvalue weighted by molar-refractivity contribution is 6.09. The Labute approximate surface area is 170 Å². The van der Waals surface area contributed by atoms with E-state index in [0.717, 1.165) is 19.3 Å². The van der Waals surface area contributed by atoms with Crippen LogP contribution in [-0.2, 0) is 9.53 Å². The van der Waals surface area contributed by atoms with E-state index in [1.54, 1.807) is 36.4 Å². The van der Waals surface area contributed by atoms with Crippen molar-refractivity contribution in [2.75, 3.05) is 13.2 Å². The SMILES string of the molecule is O=C(COC(=O)c1ccc(C(=O)c2ccccc2)cc1)NCCC1=CCCCC1. The molecule has 2 aromatic carbocycles. The van der Waals surface area contributed by atoms with Crippen molar-refractivity contribution in [2.45, 2.75) is 32.1 Å². The quantitative estimate of drug-likeness (QED) is 0.418. The topological polar surface area (TPSA) is 72.5 Å². The van der Waals surface area contributed by atoms with Gasteiger partial charge in [-0.1, -0.05) is 54.1 Å². The Morgan fingerprint density at radius 2 is 1.55 bits per heavy atom. The number of ketones is 1. The summed E-state index contributed by atoms with van der Waals surface area (Å²) in [5.41, 5.74) is 2.76. The number of hydrogen-bond acceptors (Lipinski definition) is 4. The number of ether oxygens (including phenoxy) is 1. The fourth-order valence-electron chi connectivity index (χ4n) is 3.27. The minimum atomic E-state index is -0.589. The number of carbonyl (C=O) groups is 3. The number of benzene rings is 2. The van der Waals surface area contributed by atoms with Crippen LogP contribution in [-0.4, -0.2) is 30.8 Å². The molecule has 150 valence electrons. The van der Waals surface area contributed by atoms with E-state index in [4.69, 9.17) is 4.74 Å². The first-order valence-corrected chi connectivity index (χ1v) is 9.95. The van der Waals surface area contributed by atoms with Gasteiger partial charge in [0.2, 0.25) is 0 Å². The summed E-state index contributed by atoms with van der Waals surface area (Å²) in [5.74, 6) is -1.02. The molecule has 0 saturated carbocycles. The van der Waals surface area contributed by atoms with Crippen LogP contribution in [0.3, 0.4) is 0 Å². The van der Waals surface area contributed by atoms with E-state index < -0.39 is 5.97 Å². The molecule has 1 aliphatic carbocycles. The summed E-state index contributed by atoms with van der Waals surface area (Å²) in [6.07, 6.45) is 7.78. The molecule has 0 saturated heterocycles. The second kappa shape index (κ2) is 10.4. The lowest BCUT2D eigenvalue weighted by atomic mass is 9.97. The van der Waals surface area contributed by atoms with Gasteiger partial charge in [0.1, 0.15) is 0 Å². The largest absolute Gasteiger partial charge is 0.452 e. The maximum Gasteiger partial charge on any atom is 0.338 e. The third kappa shape index (κ3) is 6.14. The predicted octanol–water partition coefficient (Wildman–Crippen LogP) is 4.08. The van der Waals surface area contributed by atoms with Gasteiger partial charge in [-0.05, 0) is 44.2 Å². The van der Waals surface area contributed by atoms with Crippen molar-refractivity contribution in [2.24, 2.45) is 0 Å². The maximum absolute atomic E-state index is 12.4. The molecule has 1 aliphatic rings. The van der Waals surface area contributed by atoms with Crippen LogP contribution in [0.4, 0.5) is 0 Å². The van der Waals surface area contributed by atoms with Crippen LogP contribution >= 0.6 is 0 Å². The van der Waals surface area contributed by atoms with Crippen molar-refractivity contribution in [3.63, 3.8) is 0 Å². The molecule has 0 unspecified atom stereocenters. The summed E-state index contributed by atoms with van der Waals surface area (Å²) < 4.78 is 5.07. The third-order valence-electron chi connectivity index (χ3n) is 4.91. The molecule has 1 amide bonds. The van der Waals surface area contributed by atoms with E-state index in [1.165, 1.54) is 30.5 Å². The highest BCUT2D eigenvalue weighted by Crippen LogP contribution is 2.19. The molecular formula is C24H25NO4. The van der Waals surface area contributed by atoms with E-state index in [9.17, 15) is 14.4 Å². The molecule has 0 fully saturated rings. The van der Waals surface area contributed by atoms with E-state index in [2.05, 4.69) is 11.4 Å². The van der Waals surface area contributed by atoms with Crippen molar-refractivity contribution in [3.05, 3.63) is 82.9 Å². The second-order valence-electron chi connectivity index (χ2n) is 7.06. The van der Waals surface area contributed by atoms with Gasteiger partial charge >= 0.3 is 5.97 Å². The monoisotopic (exact) mass is 391 g/mol. The maximum atomic E-state index is 12.4. The van der Waals surface area contributed by atoms with Gasteiger partial charge < -0.3 is 10.1 Å². The number of esters is 1. The molecule has 5 heteroatoms. The van der Waals surface area contributed by atoms with Crippen LogP contribution in [0.25, 0.3) is 0 Å². The number of nitrogens with one attached hydrogen (secondary N) is 1. The summed E-state index contributed by atoms with van der Waals surface area (Å²) in [6, 6.07) is 15.2. The van der Waals surface area contributed by atoms with Crippen LogP contribution in [0, 0.1) is 0 Å². The van der Waals surface area contributed by atoms with Crippen molar-refractivity contribution >= 4 is 17.7 Å². The van der Waals surface area contributed by atoms with E-state index in [1.807, 2.05) is 6.07 Å². The molecule has 0 aliphatic heterocycles. The van der Waals surface area contributed by atoms with Crippen LogP contribution in [0.1, 0.15) is 58.4 Å². The summed E-state index contributed by atoms with van der Waals surface area (Å²) in [7, 11) is 0. The summed E-state index contributed by atoms with van der Waals surface area (Å²) in [4.78, 5) is 36.4. The van der Waals surface area contributed by atoms with Crippen LogP contribution in [0.5, 0.6) is 0 Å². The molecule has 0 atom stereocenters. The van der Waals surface area contributed by atoms with E-state index in [-0.39, 0.29) is 18.3 Å². The van der Waals surface area contributed by atoms with Gasteiger partial charge in [0.15, 0.2) is 12.4 Å². The minimum Gasteiger partial charge on any atom is -0.452 e. The molecular weight excluding hydrogens is 366 g/mol. The summed E-state index contributed by atoms with van der Waals surface area (Å²) >= 11 is 0. The lowest BCUT2D eigenvalue weighted by Crippen LogP contribution is -2.29. The Bertz CT molecular complexity index is 885. The molecule has 0 radical (unpaired) electrons. The van der Waals surface area contributed by atoms with Crippen molar-refractivity contribution in [1.29, 1.82) is 0 Å². The van der Waals surface area contributed by atoms with Gasteiger partial charge in [-0.2, -0.15) is 0 Å². The third-order valence-corrected chi connectivity index (χ3v) is 4.91. The van der Waals surface area contributed by atoms with Crippen LogP contribution < -0.4 is 5.32 Å². The predicted molar refractivity (Wildman–Crippen MR) is 111 cm³/mol. The molecule has 3 rings (SSSR count). The molecule has 29 heavy (non-hydrogen) atoms. The zero-order valence-electron chi connectivity index (χ0n) is 16.4. The number of allylic oxidation sites excluding steroid dienone is 1. The Morgan fingerprint density at radius 3 is 2.24 bits per heavy atom. The Kier molecular flexibility index (Phi) is 7.34. The van der Waals surface area contributed by atoms with Gasteiger partial charge in [0.05, 0.1) is 5.56 Å². The van der Waals surface area contributed by atoms with Crippen molar-refractivity contribution in [1.82, 2.24) is 5.32 Å². The molecule has 2 aromatic rings. The van der Waals surface area contributed by atoms with Crippen LogP contribution in [0.2, 0.25) is 0 Å². The van der Waals surface area contributed by atoms with Gasteiger partial charge in [-0.15, -0.1) is 0 Å². The van der Waals surface area contributed by atoms with Gasteiger partial charge in [-0.3, -0.25) is 9.59 Å². The highest BCUT2D eigenvalue weighted by Gasteiger charge is 2.13. The Balaban J connectivity index is 1.43. The molecule has 5 nitrogen and oxygen atoms in total. The molecule has 0 bridgehead atoms. The lowest BCUT2D eigenvalue weighted by Gasteiger charge is -2.13. The van der Waals surface area contributed by atoms with Gasteiger partial charge in [-0.25, -0.2) is 4.79 Å². The average molecular weight is 391 g/mol. The number of hydrogen-bond donors (Lipinski definition) is 1. The number of amides is 1.